The van der Waals surface area contributed by atoms with Gasteiger partial charge in [0, 0.05) is 28.3 Å². The SMILES string of the molecule is Cc1ccc2c(oc3ccccc32)c1-c1cc([Si](C)(C)C)c2cc(C(C)C)ccc2[n+]1C. The van der Waals surface area contributed by atoms with Crippen molar-refractivity contribution in [2.45, 2.75) is 46.3 Å². The van der Waals surface area contributed by atoms with Crippen LogP contribution in [0.5, 0.6) is 0 Å². The molecule has 0 bridgehead atoms. The molecule has 0 aliphatic rings. The van der Waals surface area contributed by atoms with Gasteiger partial charge in [0.15, 0.2) is 0 Å². The fraction of sp³-hybridized carbons (Fsp3) is 0.276. The molecule has 2 heterocycles. The maximum Gasteiger partial charge on any atom is 0.216 e. The van der Waals surface area contributed by atoms with Crippen LogP contribution >= 0.6 is 0 Å². The van der Waals surface area contributed by atoms with Crippen LogP contribution in [0.3, 0.4) is 0 Å². The summed E-state index contributed by atoms with van der Waals surface area (Å²) in [5, 5.41) is 5.27. The number of furan rings is 1. The first-order chi connectivity index (χ1) is 15.2. The van der Waals surface area contributed by atoms with Crippen molar-refractivity contribution in [1.29, 1.82) is 0 Å². The molecule has 0 atom stereocenters. The summed E-state index contributed by atoms with van der Waals surface area (Å²) in [4.78, 5) is 0. The molecule has 5 rings (SSSR count). The zero-order chi connectivity index (χ0) is 22.8. The Bertz CT molecular complexity index is 1500. The lowest BCUT2D eigenvalue weighted by Gasteiger charge is -2.21. The maximum absolute atomic E-state index is 6.46. The molecule has 0 amide bonds. The Morgan fingerprint density at radius 2 is 1.59 bits per heavy atom. The van der Waals surface area contributed by atoms with Crippen LogP contribution in [0.1, 0.15) is 30.9 Å². The molecule has 0 saturated heterocycles. The summed E-state index contributed by atoms with van der Waals surface area (Å²) < 4.78 is 8.82. The van der Waals surface area contributed by atoms with Gasteiger partial charge in [-0.25, -0.2) is 0 Å². The molecule has 3 heteroatoms. The standard InChI is InChI=1S/C29H32NOSi/c1-18(2)20-13-15-24-23(16-20)27(32(5,6)7)17-25(30(24)4)28-19(3)12-14-22-21-10-8-9-11-26(21)31-29(22)28/h8-18H,1-7H3/q+1. The Labute approximate surface area is 191 Å². The van der Waals surface area contributed by atoms with E-state index in [2.05, 4.69) is 107 Å². The molecule has 2 aromatic heterocycles. The van der Waals surface area contributed by atoms with E-state index in [0.29, 0.717) is 5.92 Å². The van der Waals surface area contributed by atoms with Gasteiger partial charge in [0.1, 0.15) is 18.2 Å². The van der Waals surface area contributed by atoms with Gasteiger partial charge in [-0.05, 0) is 41.3 Å². The van der Waals surface area contributed by atoms with Crippen LogP contribution in [-0.4, -0.2) is 8.07 Å². The highest BCUT2D eigenvalue weighted by atomic mass is 28.3. The highest BCUT2D eigenvalue weighted by Crippen LogP contribution is 2.37. The summed E-state index contributed by atoms with van der Waals surface area (Å²) in [6.07, 6.45) is 0. The van der Waals surface area contributed by atoms with Crippen molar-refractivity contribution in [1.82, 2.24) is 0 Å². The van der Waals surface area contributed by atoms with Crippen molar-refractivity contribution in [2.24, 2.45) is 7.05 Å². The van der Waals surface area contributed by atoms with Crippen LogP contribution in [-0.2, 0) is 7.05 Å². The molecule has 0 saturated carbocycles. The van der Waals surface area contributed by atoms with E-state index in [1.165, 1.54) is 49.2 Å². The van der Waals surface area contributed by atoms with Crippen molar-refractivity contribution in [3.8, 4) is 11.3 Å². The van der Waals surface area contributed by atoms with Crippen LogP contribution < -0.4 is 9.75 Å². The minimum atomic E-state index is -1.60. The van der Waals surface area contributed by atoms with E-state index in [-0.39, 0.29) is 0 Å². The van der Waals surface area contributed by atoms with E-state index in [4.69, 9.17) is 4.42 Å². The molecule has 0 spiro atoms. The topological polar surface area (TPSA) is 17.0 Å². The van der Waals surface area contributed by atoms with Crippen LogP contribution in [0.25, 0.3) is 44.1 Å². The lowest BCUT2D eigenvalue weighted by atomic mass is 9.98. The van der Waals surface area contributed by atoms with E-state index in [1.807, 2.05) is 6.07 Å². The lowest BCUT2D eigenvalue weighted by Crippen LogP contribution is -2.43. The molecule has 3 aromatic carbocycles. The number of aromatic nitrogens is 1. The van der Waals surface area contributed by atoms with Crippen LogP contribution in [0, 0.1) is 6.92 Å². The Morgan fingerprint density at radius 1 is 0.844 bits per heavy atom. The van der Waals surface area contributed by atoms with E-state index in [0.717, 1.165) is 11.2 Å². The molecule has 0 radical (unpaired) electrons. The molecule has 5 aromatic rings. The van der Waals surface area contributed by atoms with E-state index < -0.39 is 8.07 Å². The minimum absolute atomic E-state index is 0.519. The second-order valence-electron chi connectivity index (χ2n) is 10.4. The molecule has 0 aliphatic carbocycles. The molecular formula is C29H32NOSi+. The fourth-order valence-electron chi connectivity index (χ4n) is 4.93. The van der Waals surface area contributed by atoms with Gasteiger partial charge in [-0.1, -0.05) is 69.9 Å². The van der Waals surface area contributed by atoms with E-state index in [1.54, 1.807) is 0 Å². The number of rotatable bonds is 3. The van der Waals surface area contributed by atoms with Crippen molar-refractivity contribution < 1.29 is 8.98 Å². The lowest BCUT2D eigenvalue weighted by molar-refractivity contribution is -0.633. The summed E-state index contributed by atoms with van der Waals surface area (Å²) in [6, 6.07) is 22.3. The third-order valence-corrected chi connectivity index (χ3v) is 8.83. The molecule has 0 fully saturated rings. The number of hydrogen-bond donors (Lipinski definition) is 0. The van der Waals surface area contributed by atoms with Gasteiger partial charge in [-0.15, -0.1) is 0 Å². The third kappa shape index (κ3) is 3.18. The van der Waals surface area contributed by atoms with Crippen molar-refractivity contribution in [2.75, 3.05) is 0 Å². The Kier molecular flexibility index (Phi) is 4.79. The van der Waals surface area contributed by atoms with Crippen LogP contribution in [0.2, 0.25) is 19.6 Å². The Balaban J connectivity index is 1.91. The summed E-state index contributed by atoms with van der Waals surface area (Å²) in [6.45, 7) is 14.1. The highest BCUT2D eigenvalue weighted by Gasteiger charge is 2.29. The number of hydrogen-bond acceptors (Lipinski definition) is 1. The molecular weight excluding hydrogens is 406 g/mol. The Hall–Kier alpha value is -2.91. The third-order valence-electron chi connectivity index (χ3n) is 6.80. The smallest absolute Gasteiger partial charge is 0.216 e. The molecule has 0 N–H and O–H groups in total. The van der Waals surface area contributed by atoms with E-state index in [9.17, 15) is 0 Å². The molecule has 0 aliphatic heterocycles. The number of nitrogens with zero attached hydrogens (tertiary/aromatic N) is 1. The number of fused-ring (bicyclic) bond motifs is 4. The van der Waals surface area contributed by atoms with Gasteiger partial charge in [0.05, 0.1) is 13.6 Å². The Morgan fingerprint density at radius 3 is 2.31 bits per heavy atom. The average molecular weight is 439 g/mol. The van der Waals surface area contributed by atoms with E-state index >= 15 is 0 Å². The first-order valence-electron chi connectivity index (χ1n) is 11.5. The zero-order valence-electron chi connectivity index (χ0n) is 20.2. The molecule has 32 heavy (non-hydrogen) atoms. The van der Waals surface area contributed by atoms with Crippen LogP contribution in [0.15, 0.2) is 65.1 Å². The monoisotopic (exact) mass is 438 g/mol. The summed E-state index contributed by atoms with van der Waals surface area (Å²) in [7, 11) is 0.593. The first-order valence-corrected chi connectivity index (χ1v) is 15.0. The zero-order valence-corrected chi connectivity index (χ0v) is 21.2. The summed E-state index contributed by atoms with van der Waals surface area (Å²) in [5.41, 5.74) is 8.31. The second-order valence-corrected chi connectivity index (χ2v) is 15.5. The molecule has 0 unspecified atom stereocenters. The highest BCUT2D eigenvalue weighted by molar-refractivity contribution is 6.90. The van der Waals surface area contributed by atoms with Gasteiger partial charge in [-0.2, -0.15) is 4.57 Å². The normalized spacial score (nSPS) is 12.5. The van der Waals surface area contributed by atoms with Gasteiger partial charge in [-0.3, -0.25) is 0 Å². The minimum Gasteiger partial charge on any atom is -0.455 e. The van der Waals surface area contributed by atoms with Gasteiger partial charge in [0.25, 0.3) is 0 Å². The van der Waals surface area contributed by atoms with Gasteiger partial charge < -0.3 is 4.42 Å². The molecule has 162 valence electrons. The molecule has 2 nitrogen and oxygen atoms in total. The summed E-state index contributed by atoms with van der Waals surface area (Å²) >= 11 is 0. The number of para-hydroxylation sites is 1. The number of benzene rings is 3. The van der Waals surface area contributed by atoms with Crippen molar-refractivity contribution in [3.05, 3.63) is 71.8 Å². The summed E-state index contributed by atoms with van der Waals surface area (Å²) in [5.74, 6) is 0.519. The second kappa shape index (κ2) is 7.31. The first kappa shape index (κ1) is 21.0. The fourth-order valence-corrected chi connectivity index (χ4v) is 6.51. The quantitative estimate of drug-likeness (QED) is 0.215. The van der Waals surface area contributed by atoms with Crippen molar-refractivity contribution in [3.63, 3.8) is 0 Å². The van der Waals surface area contributed by atoms with Crippen LogP contribution in [0.4, 0.5) is 0 Å². The van der Waals surface area contributed by atoms with Gasteiger partial charge >= 0.3 is 0 Å². The maximum atomic E-state index is 6.46. The van der Waals surface area contributed by atoms with Gasteiger partial charge in [0.2, 0.25) is 11.2 Å². The predicted octanol–water partition coefficient (Wildman–Crippen LogP) is 7.21. The predicted molar refractivity (Wildman–Crippen MR) is 140 cm³/mol. The average Bonchev–Trinajstić information content (AvgIpc) is 3.12. The van der Waals surface area contributed by atoms with Crippen molar-refractivity contribution >= 4 is 46.1 Å². The largest absolute Gasteiger partial charge is 0.455 e. The number of pyridine rings is 1. The number of aryl methyl sites for hydroxylation is 2.